The lowest BCUT2D eigenvalue weighted by Crippen LogP contribution is -2.16. The first-order valence-electron chi connectivity index (χ1n) is 6.26. The first kappa shape index (κ1) is 14.8. The van der Waals surface area contributed by atoms with Gasteiger partial charge >= 0.3 is 0 Å². The van der Waals surface area contributed by atoms with Crippen LogP contribution in [0.25, 0.3) is 0 Å². The Kier molecular flexibility index (Phi) is 5.32. The van der Waals surface area contributed by atoms with Crippen molar-refractivity contribution in [1.29, 1.82) is 0 Å². The summed E-state index contributed by atoms with van der Waals surface area (Å²) in [6.07, 6.45) is 0.375. The summed E-state index contributed by atoms with van der Waals surface area (Å²) in [7, 11) is 0. The van der Waals surface area contributed by atoms with Gasteiger partial charge in [0.15, 0.2) is 12.6 Å². The van der Waals surface area contributed by atoms with Crippen LogP contribution in [0.2, 0.25) is 0 Å². The molecule has 0 aliphatic heterocycles. The number of carbonyl (C=O) groups excluding carboxylic acids is 1. The second-order valence-corrected chi connectivity index (χ2v) is 5.05. The van der Waals surface area contributed by atoms with E-state index in [0.717, 1.165) is 11.8 Å². The lowest BCUT2D eigenvalue weighted by Gasteiger charge is -2.17. The van der Waals surface area contributed by atoms with Crippen molar-refractivity contribution in [3.05, 3.63) is 64.1 Å². The maximum absolute atomic E-state index is 10.9. The summed E-state index contributed by atoms with van der Waals surface area (Å²) >= 11 is 3.35. The van der Waals surface area contributed by atoms with E-state index < -0.39 is 6.29 Å². The van der Waals surface area contributed by atoms with Crippen LogP contribution in [0.4, 0.5) is 0 Å². The topological polar surface area (TPSA) is 35.5 Å². The molecule has 2 rings (SSSR count). The molecule has 0 saturated carbocycles. The Morgan fingerprint density at radius 3 is 2.60 bits per heavy atom. The zero-order valence-corrected chi connectivity index (χ0v) is 12.7. The third-order valence-electron chi connectivity index (χ3n) is 2.74. The standard InChI is InChI=1S/C16H15BrO3/c1-12(19-11-13-6-3-2-4-7-13)20-15-9-5-8-14(10-18)16(15)17/h2-10,12H,11H2,1H3. The summed E-state index contributed by atoms with van der Waals surface area (Å²) in [6.45, 7) is 2.30. The van der Waals surface area contributed by atoms with Gasteiger partial charge < -0.3 is 9.47 Å². The van der Waals surface area contributed by atoms with E-state index in [9.17, 15) is 4.79 Å². The first-order valence-corrected chi connectivity index (χ1v) is 7.06. The quantitative estimate of drug-likeness (QED) is 0.586. The van der Waals surface area contributed by atoms with E-state index in [1.807, 2.05) is 37.3 Å². The molecule has 1 atom stereocenters. The van der Waals surface area contributed by atoms with E-state index in [1.54, 1.807) is 18.2 Å². The van der Waals surface area contributed by atoms with Crippen molar-refractivity contribution in [1.82, 2.24) is 0 Å². The molecule has 0 radical (unpaired) electrons. The van der Waals surface area contributed by atoms with E-state index in [-0.39, 0.29) is 0 Å². The van der Waals surface area contributed by atoms with E-state index in [0.29, 0.717) is 22.4 Å². The smallest absolute Gasteiger partial charge is 0.197 e. The Labute approximate surface area is 126 Å². The molecule has 2 aromatic rings. The third-order valence-corrected chi connectivity index (χ3v) is 3.59. The summed E-state index contributed by atoms with van der Waals surface area (Å²) in [4.78, 5) is 10.9. The van der Waals surface area contributed by atoms with Gasteiger partial charge in [0.1, 0.15) is 5.75 Å². The van der Waals surface area contributed by atoms with Crippen LogP contribution in [0.15, 0.2) is 53.0 Å². The molecule has 3 nitrogen and oxygen atoms in total. The number of aldehydes is 1. The summed E-state index contributed by atoms with van der Waals surface area (Å²) in [5.74, 6) is 0.593. The molecule has 1 unspecified atom stereocenters. The van der Waals surface area contributed by atoms with E-state index in [4.69, 9.17) is 9.47 Å². The van der Waals surface area contributed by atoms with Gasteiger partial charge in [-0.1, -0.05) is 42.5 Å². The summed E-state index contributed by atoms with van der Waals surface area (Å²) in [5, 5.41) is 0. The second-order valence-electron chi connectivity index (χ2n) is 4.26. The van der Waals surface area contributed by atoms with Crippen LogP contribution in [0, 0.1) is 0 Å². The average molecular weight is 335 g/mol. The molecule has 0 spiro atoms. The number of rotatable bonds is 6. The van der Waals surface area contributed by atoms with Gasteiger partial charge in [0.2, 0.25) is 0 Å². The number of hydrogen-bond donors (Lipinski definition) is 0. The number of benzene rings is 2. The van der Waals surface area contributed by atoms with Crippen molar-refractivity contribution in [2.24, 2.45) is 0 Å². The highest BCUT2D eigenvalue weighted by molar-refractivity contribution is 9.10. The molecular formula is C16H15BrO3. The van der Waals surface area contributed by atoms with Crippen LogP contribution in [0.1, 0.15) is 22.8 Å². The maximum atomic E-state index is 10.9. The minimum absolute atomic E-state index is 0.409. The van der Waals surface area contributed by atoms with Gasteiger partial charge in [0.05, 0.1) is 11.1 Å². The maximum Gasteiger partial charge on any atom is 0.197 e. The zero-order chi connectivity index (χ0) is 14.4. The molecule has 20 heavy (non-hydrogen) atoms. The molecule has 0 amide bonds. The second kappa shape index (κ2) is 7.22. The number of halogens is 1. The molecule has 0 aromatic heterocycles. The van der Waals surface area contributed by atoms with Crippen molar-refractivity contribution in [2.75, 3.05) is 0 Å². The molecule has 0 fully saturated rings. The lowest BCUT2D eigenvalue weighted by molar-refractivity contribution is -0.0762. The lowest BCUT2D eigenvalue weighted by atomic mass is 10.2. The van der Waals surface area contributed by atoms with Crippen LogP contribution in [0.3, 0.4) is 0 Å². The summed E-state index contributed by atoms with van der Waals surface area (Å²) < 4.78 is 12.0. The van der Waals surface area contributed by atoms with Gasteiger partial charge in [-0.3, -0.25) is 4.79 Å². The fourth-order valence-electron chi connectivity index (χ4n) is 1.71. The molecule has 0 N–H and O–H groups in total. The van der Waals surface area contributed by atoms with Gasteiger partial charge in [-0.05, 0) is 34.5 Å². The summed E-state index contributed by atoms with van der Waals surface area (Å²) in [6, 6.07) is 15.2. The van der Waals surface area contributed by atoms with E-state index in [2.05, 4.69) is 15.9 Å². The largest absolute Gasteiger partial charge is 0.464 e. The molecule has 0 aliphatic carbocycles. The minimum atomic E-state index is -0.409. The highest BCUT2D eigenvalue weighted by Crippen LogP contribution is 2.28. The molecule has 0 bridgehead atoms. The Hall–Kier alpha value is -1.65. The Morgan fingerprint density at radius 1 is 1.15 bits per heavy atom. The van der Waals surface area contributed by atoms with E-state index >= 15 is 0 Å². The SMILES string of the molecule is CC(OCc1ccccc1)Oc1cccc(C=O)c1Br. The summed E-state index contributed by atoms with van der Waals surface area (Å²) in [5.41, 5.74) is 1.64. The zero-order valence-electron chi connectivity index (χ0n) is 11.1. The Bertz CT molecular complexity index is 569. The third kappa shape index (κ3) is 3.92. The molecule has 0 aliphatic rings. The Balaban J connectivity index is 1.95. The van der Waals surface area contributed by atoms with Crippen molar-refractivity contribution < 1.29 is 14.3 Å². The predicted octanol–water partition coefficient (Wildman–Crippen LogP) is 4.20. The highest BCUT2D eigenvalue weighted by atomic mass is 79.9. The van der Waals surface area contributed by atoms with Crippen LogP contribution in [0.5, 0.6) is 5.75 Å². The first-order chi connectivity index (χ1) is 9.70. The molecule has 0 saturated heterocycles. The molecule has 4 heteroatoms. The van der Waals surface area contributed by atoms with Crippen LogP contribution in [-0.2, 0) is 11.3 Å². The normalized spacial score (nSPS) is 11.9. The van der Waals surface area contributed by atoms with Crippen LogP contribution in [-0.4, -0.2) is 12.6 Å². The highest BCUT2D eigenvalue weighted by Gasteiger charge is 2.10. The predicted molar refractivity (Wildman–Crippen MR) is 80.9 cm³/mol. The van der Waals surface area contributed by atoms with Crippen LogP contribution < -0.4 is 4.74 Å². The van der Waals surface area contributed by atoms with E-state index in [1.165, 1.54) is 0 Å². The molecule has 2 aromatic carbocycles. The van der Waals surface area contributed by atoms with Crippen molar-refractivity contribution in [3.8, 4) is 5.75 Å². The van der Waals surface area contributed by atoms with Gasteiger partial charge in [0.25, 0.3) is 0 Å². The fraction of sp³-hybridized carbons (Fsp3) is 0.188. The average Bonchev–Trinajstić information content (AvgIpc) is 2.48. The van der Waals surface area contributed by atoms with Gasteiger partial charge in [-0.15, -0.1) is 0 Å². The van der Waals surface area contributed by atoms with Crippen LogP contribution >= 0.6 is 15.9 Å². The Morgan fingerprint density at radius 2 is 1.90 bits per heavy atom. The van der Waals surface area contributed by atoms with Crippen molar-refractivity contribution in [2.45, 2.75) is 19.8 Å². The number of ether oxygens (including phenoxy) is 2. The molecule has 0 heterocycles. The van der Waals surface area contributed by atoms with Gasteiger partial charge in [-0.2, -0.15) is 0 Å². The number of carbonyl (C=O) groups is 1. The van der Waals surface area contributed by atoms with Gasteiger partial charge in [-0.25, -0.2) is 0 Å². The fourth-order valence-corrected chi connectivity index (χ4v) is 2.16. The van der Waals surface area contributed by atoms with Crippen molar-refractivity contribution in [3.63, 3.8) is 0 Å². The molecule has 104 valence electrons. The number of hydrogen-bond acceptors (Lipinski definition) is 3. The van der Waals surface area contributed by atoms with Gasteiger partial charge in [0, 0.05) is 5.56 Å². The van der Waals surface area contributed by atoms with Crippen molar-refractivity contribution >= 4 is 22.2 Å². The minimum Gasteiger partial charge on any atom is -0.464 e. The molecular weight excluding hydrogens is 320 g/mol. The monoisotopic (exact) mass is 334 g/mol.